The molecule has 5 nitrogen and oxygen atoms in total. The normalized spacial score (nSPS) is 14.0. The van der Waals surface area contributed by atoms with E-state index in [4.69, 9.17) is 4.74 Å². The molecule has 0 fully saturated rings. The molecule has 1 aliphatic rings. The van der Waals surface area contributed by atoms with Gasteiger partial charge in [-0.25, -0.2) is 0 Å². The highest BCUT2D eigenvalue weighted by atomic mass is 16.5. The Bertz CT molecular complexity index is 759. The molecule has 23 heavy (non-hydrogen) atoms. The van der Waals surface area contributed by atoms with E-state index < -0.39 is 0 Å². The van der Waals surface area contributed by atoms with Gasteiger partial charge in [0.05, 0.1) is 31.5 Å². The number of nitrogens with zero attached hydrogens (tertiary/aromatic N) is 1. The van der Waals surface area contributed by atoms with Crippen molar-refractivity contribution < 1.29 is 14.3 Å². The van der Waals surface area contributed by atoms with Crippen LogP contribution in [-0.4, -0.2) is 33.3 Å². The average Bonchev–Trinajstić information content (AvgIpc) is 2.68. The van der Waals surface area contributed by atoms with Crippen molar-refractivity contribution in [2.45, 2.75) is 6.54 Å². The van der Waals surface area contributed by atoms with Gasteiger partial charge in [0, 0.05) is 0 Å². The lowest BCUT2D eigenvalue weighted by molar-refractivity contribution is -0.117. The summed E-state index contributed by atoms with van der Waals surface area (Å²) in [4.78, 5) is 26.2. The van der Waals surface area contributed by atoms with Crippen LogP contribution in [0.15, 0.2) is 42.5 Å². The number of methoxy groups -OCH3 is 1. The molecule has 0 aliphatic carbocycles. The van der Waals surface area contributed by atoms with Crippen LogP contribution in [0.4, 0.5) is 5.69 Å². The van der Waals surface area contributed by atoms with Crippen molar-refractivity contribution in [1.29, 1.82) is 0 Å². The van der Waals surface area contributed by atoms with Crippen molar-refractivity contribution in [3.05, 3.63) is 53.6 Å². The fourth-order valence-corrected chi connectivity index (χ4v) is 2.63. The molecule has 116 valence electrons. The van der Waals surface area contributed by atoms with Crippen LogP contribution in [0.3, 0.4) is 0 Å². The van der Waals surface area contributed by atoms with Crippen LogP contribution in [0.1, 0.15) is 15.9 Å². The third-order valence-corrected chi connectivity index (χ3v) is 3.89. The van der Waals surface area contributed by atoms with E-state index in [1.807, 2.05) is 50.3 Å². The number of ether oxygens (including phenoxy) is 1. The van der Waals surface area contributed by atoms with E-state index in [0.717, 1.165) is 16.8 Å². The van der Waals surface area contributed by atoms with Crippen molar-refractivity contribution in [1.82, 2.24) is 5.32 Å². The number of nitrogens with one attached hydrogen (secondary N) is 1. The minimum atomic E-state index is -0.214. The smallest absolute Gasteiger partial charge is 0.253 e. The first-order chi connectivity index (χ1) is 11.1. The molecule has 0 atom stereocenters. The Hall–Kier alpha value is -2.76. The summed E-state index contributed by atoms with van der Waals surface area (Å²) in [5.74, 6) is 0.426. The van der Waals surface area contributed by atoms with Gasteiger partial charge in [0.25, 0.3) is 5.91 Å². The van der Waals surface area contributed by atoms with Crippen molar-refractivity contribution in [3.8, 4) is 5.75 Å². The fourth-order valence-electron chi connectivity index (χ4n) is 2.63. The summed E-state index contributed by atoms with van der Waals surface area (Å²) in [6, 6.07) is 13.1. The number of rotatable bonds is 3. The summed E-state index contributed by atoms with van der Waals surface area (Å²) in [6.45, 7) is 0.413. The molecule has 0 saturated carbocycles. The Morgan fingerprint density at radius 2 is 1.91 bits per heavy atom. The van der Waals surface area contributed by atoms with Crippen LogP contribution in [0.2, 0.25) is 0 Å². The third-order valence-electron chi connectivity index (χ3n) is 3.89. The standard InChI is InChI=1S/C17H17BN2O3/c1-23-13-5-2-11(3-6-13)10-20-15-7-4-12(18)8-14(15)17(22)19-9-16(20)21/h2-8H,9-10,18H2,1H3,(H,19,22). The second kappa shape index (κ2) is 6.16. The Morgan fingerprint density at radius 1 is 1.17 bits per heavy atom. The lowest BCUT2D eigenvalue weighted by Crippen LogP contribution is -2.36. The molecule has 0 unspecified atom stereocenters. The molecule has 2 aromatic rings. The van der Waals surface area contributed by atoms with Crippen LogP contribution in [-0.2, 0) is 11.3 Å². The van der Waals surface area contributed by atoms with Gasteiger partial charge in [0.1, 0.15) is 13.6 Å². The van der Waals surface area contributed by atoms with Crippen LogP contribution in [0, 0.1) is 0 Å². The molecule has 0 saturated heterocycles. The van der Waals surface area contributed by atoms with Crippen molar-refractivity contribution in [2.24, 2.45) is 0 Å². The Balaban J connectivity index is 1.97. The highest BCUT2D eigenvalue weighted by Gasteiger charge is 2.26. The molecule has 2 amide bonds. The van der Waals surface area contributed by atoms with Crippen molar-refractivity contribution in [3.63, 3.8) is 0 Å². The van der Waals surface area contributed by atoms with E-state index >= 15 is 0 Å². The van der Waals surface area contributed by atoms with E-state index in [0.29, 0.717) is 17.8 Å². The van der Waals surface area contributed by atoms with E-state index in [9.17, 15) is 9.59 Å². The zero-order valence-electron chi connectivity index (χ0n) is 13.1. The molecule has 2 aromatic carbocycles. The molecular formula is C17H17BN2O3. The first-order valence-electron chi connectivity index (χ1n) is 7.40. The largest absolute Gasteiger partial charge is 0.497 e. The van der Waals surface area contributed by atoms with Crippen LogP contribution >= 0.6 is 0 Å². The summed E-state index contributed by atoms with van der Waals surface area (Å²) in [6.07, 6.45) is 0. The maximum atomic E-state index is 12.4. The Labute approximate surface area is 135 Å². The topological polar surface area (TPSA) is 58.6 Å². The van der Waals surface area contributed by atoms with Gasteiger partial charge in [0.2, 0.25) is 5.91 Å². The molecule has 0 spiro atoms. The monoisotopic (exact) mass is 308 g/mol. The van der Waals surface area contributed by atoms with Crippen molar-refractivity contribution in [2.75, 3.05) is 18.6 Å². The molecule has 0 bridgehead atoms. The summed E-state index contributed by atoms with van der Waals surface area (Å²) >= 11 is 0. The number of carbonyl (C=O) groups excluding carboxylic acids is 2. The predicted molar refractivity (Wildman–Crippen MR) is 91.1 cm³/mol. The lowest BCUT2D eigenvalue weighted by Gasteiger charge is -2.22. The van der Waals surface area contributed by atoms with E-state index in [2.05, 4.69) is 5.32 Å². The number of amides is 2. The van der Waals surface area contributed by atoms with Crippen LogP contribution in [0.5, 0.6) is 5.75 Å². The lowest BCUT2D eigenvalue weighted by atomic mass is 9.93. The molecule has 1 N–H and O–H groups in total. The van der Waals surface area contributed by atoms with Crippen molar-refractivity contribution >= 4 is 30.8 Å². The number of anilines is 1. The van der Waals surface area contributed by atoms with E-state index in [1.165, 1.54) is 0 Å². The number of carbonyl (C=O) groups is 2. The van der Waals surface area contributed by atoms with Gasteiger partial charge >= 0.3 is 0 Å². The maximum absolute atomic E-state index is 12.4. The second-order valence-electron chi connectivity index (χ2n) is 5.53. The molecule has 0 radical (unpaired) electrons. The summed E-state index contributed by atoms with van der Waals surface area (Å²) in [5.41, 5.74) is 3.13. The Kier molecular flexibility index (Phi) is 4.06. The van der Waals surface area contributed by atoms with Gasteiger partial charge in [-0.15, -0.1) is 0 Å². The zero-order chi connectivity index (χ0) is 16.4. The second-order valence-corrected chi connectivity index (χ2v) is 5.53. The van der Waals surface area contributed by atoms with Gasteiger partial charge < -0.3 is 15.0 Å². The first kappa shape index (κ1) is 15.2. The molecule has 3 rings (SSSR count). The molecule has 1 heterocycles. The Morgan fingerprint density at radius 3 is 2.61 bits per heavy atom. The number of fused-ring (bicyclic) bond motifs is 1. The number of hydrogen-bond acceptors (Lipinski definition) is 3. The minimum Gasteiger partial charge on any atom is -0.497 e. The van der Waals surface area contributed by atoms with Gasteiger partial charge in [-0.2, -0.15) is 0 Å². The van der Waals surface area contributed by atoms with Gasteiger partial charge in [-0.1, -0.05) is 29.7 Å². The first-order valence-corrected chi connectivity index (χ1v) is 7.40. The molecule has 0 aromatic heterocycles. The van der Waals surface area contributed by atoms with E-state index in [-0.39, 0.29) is 18.4 Å². The average molecular weight is 308 g/mol. The van der Waals surface area contributed by atoms with Gasteiger partial charge in [0.15, 0.2) is 0 Å². The SMILES string of the molecule is Bc1ccc2c(c1)C(=O)NCC(=O)N2Cc1ccc(OC)cc1. The molecule has 6 heteroatoms. The zero-order valence-corrected chi connectivity index (χ0v) is 13.1. The predicted octanol–water partition coefficient (Wildman–Crippen LogP) is 0.230. The highest BCUT2D eigenvalue weighted by Crippen LogP contribution is 2.24. The minimum absolute atomic E-state index is 0.00269. The number of benzene rings is 2. The highest BCUT2D eigenvalue weighted by molar-refractivity contribution is 6.33. The fraction of sp³-hybridized carbons (Fsp3) is 0.176. The van der Waals surface area contributed by atoms with Gasteiger partial charge in [-0.3, -0.25) is 9.59 Å². The van der Waals surface area contributed by atoms with E-state index in [1.54, 1.807) is 12.0 Å². The van der Waals surface area contributed by atoms with Crippen LogP contribution < -0.4 is 20.4 Å². The quantitative estimate of drug-likeness (QED) is 0.826. The third kappa shape index (κ3) is 3.06. The maximum Gasteiger partial charge on any atom is 0.253 e. The molecule has 1 aliphatic heterocycles. The summed E-state index contributed by atoms with van der Waals surface area (Å²) in [7, 11) is 3.54. The number of hydrogen-bond donors (Lipinski definition) is 1. The van der Waals surface area contributed by atoms with Crippen LogP contribution in [0.25, 0.3) is 0 Å². The molecular weight excluding hydrogens is 291 g/mol. The van der Waals surface area contributed by atoms with Gasteiger partial charge in [-0.05, 0) is 23.8 Å². The summed E-state index contributed by atoms with van der Waals surface area (Å²) in [5, 5.41) is 2.66. The summed E-state index contributed by atoms with van der Waals surface area (Å²) < 4.78 is 5.15.